The molecule has 0 saturated carbocycles. The summed E-state index contributed by atoms with van der Waals surface area (Å²) in [5.41, 5.74) is 3.21. The minimum absolute atomic E-state index is 0.0276. The molecule has 1 aromatic carbocycles. The number of aryl methyl sites for hydroxylation is 1. The van der Waals surface area contributed by atoms with Crippen LogP contribution >= 0.6 is 11.6 Å². The molecule has 6 heterocycles. The fourth-order valence-electron chi connectivity index (χ4n) is 8.05. The van der Waals surface area contributed by atoms with Crippen molar-refractivity contribution in [1.29, 1.82) is 0 Å². The molecular weight excluding hydrogens is 756 g/mol. The molecule has 294 valence electrons. The number of benzene rings is 1. The number of nitrogens with zero attached hydrogens (tertiary/aromatic N) is 7. The summed E-state index contributed by atoms with van der Waals surface area (Å²) in [5, 5.41) is 4.15. The quantitative estimate of drug-likeness (QED) is 0.208. The van der Waals surface area contributed by atoms with Gasteiger partial charge in [0.05, 0.1) is 52.5 Å². The van der Waals surface area contributed by atoms with Crippen molar-refractivity contribution in [3.05, 3.63) is 56.7 Å². The fraction of sp³-hybridized carbons (Fsp3) is 0.588. The van der Waals surface area contributed by atoms with Crippen LogP contribution in [0.15, 0.2) is 12.1 Å². The third-order valence-corrected chi connectivity index (χ3v) is 11.0. The van der Waals surface area contributed by atoms with Crippen molar-refractivity contribution in [2.45, 2.75) is 88.9 Å². The normalized spacial score (nSPS) is 23.2. The Labute approximate surface area is 309 Å². The van der Waals surface area contributed by atoms with E-state index in [4.69, 9.17) is 31.8 Å². The van der Waals surface area contributed by atoms with E-state index < -0.39 is 65.3 Å². The van der Waals surface area contributed by atoms with Gasteiger partial charge in [0.1, 0.15) is 25.1 Å². The third-order valence-electron chi connectivity index (χ3n) is 10.6. The molecule has 3 atom stereocenters. The number of carbonyl (C=O) groups is 1. The number of carbonyl (C=O) groups excluding carboxylic acids is 1. The Morgan fingerprint density at radius 1 is 1.15 bits per heavy atom. The van der Waals surface area contributed by atoms with Crippen molar-refractivity contribution in [2.75, 3.05) is 50.0 Å². The Bertz CT molecular complexity index is 1930. The highest BCUT2D eigenvalue weighted by Crippen LogP contribution is 2.44. The van der Waals surface area contributed by atoms with Gasteiger partial charge < -0.3 is 25.0 Å². The lowest BCUT2D eigenvalue weighted by Gasteiger charge is -2.33. The molecule has 2 N–H and O–H groups in total. The Balaban J connectivity index is 1.25. The van der Waals surface area contributed by atoms with Gasteiger partial charge >= 0.3 is 18.4 Å². The van der Waals surface area contributed by atoms with E-state index in [2.05, 4.69) is 10.1 Å². The molecule has 1 amide bonds. The van der Waals surface area contributed by atoms with Crippen LogP contribution in [0, 0.1) is 5.82 Å². The molecule has 4 aliphatic heterocycles. The number of fused-ring (bicyclic) bond motifs is 3. The maximum absolute atomic E-state index is 15.4. The monoisotopic (exact) mass is 792 g/mol. The molecule has 0 spiro atoms. The van der Waals surface area contributed by atoms with E-state index in [1.54, 1.807) is 4.90 Å². The number of ether oxygens (including phenoxy) is 2. The van der Waals surface area contributed by atoms with E-state index in [0.717, 1.165) is 12.5 Å². The molecule has 4 aliphatic rings. The van der Waals surface area contributed by atoms with Gasteiger partial charge in [-0.15, -0.1) is 0 Å². The van der Waals surface area contributed by atoms with Gasteiger partial charge in [0, 0.05) is 50.1 Å². The predicted molar refractivity (Wildman–Crippen MR) is 178 cm³/mol. The first-order valence-corrected chi connectivity index (χ1v) is 17.9. The number of amides is 1. The molecule has 7 rings (SSSR count). The van der Waals surface area contributed by atoms with Gasteiger partial charge in [-0.3, -0.25) is 14.4 Å². The Kier molecular flexibility index (Phi) is 10.1. The molecule has 2 fully saturated rings. The molecule has 54 heavy (non-hydrogen) atoms. The summed E-state index contributed by atoms with van der Waals surface area (Å²) in [6.07, 6.45) is -10.2. The van der Waals surface area contributed by atoms with Gasteiger partial charge in [0.15, 0.2) is 11.5 Å². The summed E-state index contributed by atoms with van der Waals surface area (Å²) >= 11 is 6.67. The zero-order valence-corrected chi connectivity index (χ0v) is 29.8. The SMILES string of the molecule is CCN(CC(F)(F)F)C(=O)c1nn2c(c1Cl)CN(c1nc(OC[C@@]34CCCN3C[C@H](F)C4)nc3c1CO[C@H](c1c(C(F)(F)F)ccc(N)c1F)C3)CCC2. The lowest BCUT2D eigenvalue weighted by atomic mass is 9.94. The molecule has 3 aromatic rings. The second-order valence-electron chi connectivity index (χ2n) is 14.1. The summed E-state index contributed by atoms with van der Waals surface area (Å²) in [6.45, 7) is 0.902. The van der Waals surface area contributed by atoms with E-state index in [0.29, 0.717) is 48.2 Å². The second kappa shape index (κ2) is 14.3. The molecule has 0 aliphatic carbocycles. The first-order chi connectivity index (χ1) is 25.5. The molecular formula is C34H37ClF8N8O3. The molecule has 0 bridgehead atoms. The van der Waals surface area contributed by atoms with E-state index in [1.165, 1.54) is 11.6 Å². The van der Waals surface area contributed by atoms with Crippen LogP contribution in [0.25, 0.3) is 0 Å². The molecule has 2 aromatic heterocycles. The van der Waals surface area contributed by atoms with Crippen LogP contribution in [0.4, 0.5) is 46.6 Å². The standard InChI is InChI=1S/C34H37ClF8N8O3/c1-2-48(16-33(38,39)40)30(52)28-26(35)23-14-49(8-4-10-51(23)47-28)29-19-15-53-24(25-20(34(41,42)43)5-6-21(44)27(25)37)11-22(19)45-31(46-29)54-17-32-7-3-9-50(32)13-18(36)12-32/h5-6,18,24H,2-4,7-17,44H2,1H3/t18-,24+,32+/m1/s1. The van der Waals surface area contributed by atoms with Crippen molar-refractivity contribution in [2.24, 2.45) is 0 Å². The number of anilines is 2. The smallest absolute Gasteiger partial charge is 0.416 e. The topological polar surface area (TPSA) is 115 Å². The Hall–Kier alpha value is -3.97. The lowest BCUT2D eigenvalue weighted by Crippen LogP contribution is -2.43. The van der Waals surface area contributed by atoms with Gasteiger partial charge in [-0.05, 0) is 44.9 Å². The van der Waals surface area contributed by atoms with E-state index in [9.17, 15) is 35.5 Å². The number of hydrogen-bond donors (Lipinski definition) is 1. The number of nitrogens with two attached hydrogens (primary N) is 1. The maximum Gasteiger partial charge on any atom is 0.416 e. The Morgan fingerprint density at radius 3 is 2.65 bits per heavy atom. The van der Waals surface area contributed by atoms with Gasteiger partial charge in [0.2, 0.25) is 0 Å². The van der Waals surface area contributed by atoms with Crippen LogP contribution in [-0.4, -0.2) is 92.7 Å². The molecule has 0 radical (unpaired) electrons. The number of nitrogen functional groups attached to an aromatic ring is 1. The van der Waals surface area contributed by atoms with Crippen LogP contribution in [-0.2, 0) is 37.0 Å². The predicted octanol–water partition coefficient (Wildman–Crippen LogP) is 6.27. The summed E-state index contributed by atoms with van der Waals surface area (Å²) < 4.78 is 125. The second-order valence-corrected chi connectivity index (χ2v) is 14.5. The summed E-state index contributed by atoms with van der Waals surface area (Å²) in [4.78, 5) is 26.9. The fourth-order valence-corrected chi connectivity index (χ4v) is 8.33. The zero-order chi connectivity index (χ0) is 38.7. The van der Waals surface area contributed by atoms with Crippen molar-refractivity contribution in [3.8, 4) is 6.01 Å². The van der Waals surface area contributed by atoms with Crippen LogP contribution in [0.5, 0.6) is 6.01 Å². The third kappa shape index (κ3) is 7.25. The van der Waals surface area contributed by atoms with Crippen molar-refractivity contribution in [3.63, 3.8) is 0 Å². The van der Waals surface area contributed by atoms with Crippen molar-refractivity contribution >= 4 is 29.0 Å². The van der Waals surface area contributed by atoms with Crippen molar-refractivity contribution in [1.82, 2.24) is 29.5 Å². The van der Waals surface area contributed by atoms with E-state index in [1.807, 2.05) is 4.90 Å². The summed E-state index contributed by atoms with van der Waals surface area (Å²) in [7, 11) is 0. The highest BCUT2D eigenvalue weighted by Gasteiger charge is 2.49. The lowest BCUT2D eigenvalue weighted by molar-refractivity contribution is -0.141. The van der Waals surface area contributed by atoms with Gasteiger partial charge in [0.25, 0.3) is 5.91 Å². The highest BCUT2D eigenvalue weighted by molar-refractivity contribution is 6.34. The summed E-state index contributed by atoms with van der Waals surface area (Å²) in [6, 6.07) is 1.40. The highest BCUT2D eigenvalue weighted by atomic mass is 35.5. The van der Waals surface area contributed by atoms with Gasteiger partial charge in [-0.2, -0.15) is 41.4 Å². The van der Waals surface area contributed by atoms with Gasteiger partial charge in [-0.25, -0.2) is 8.78 Å². The minimum atomic E-state index is -4.92. The first-order valence-electron chi connectivity index (χ1n) is 17.5. The van der Waals surface area contributed by atoms with Crippen LogP contribution in [0.1, 0.15) is 77.3 Å². The molecule has 2 saturated heterocycles. The number of halogens is 9. The van der Waals surface area contributed by atoms with Gasteiger partial charge in [-0.1, -0.05) is 11.6 Å². The average molecular weight is 793 g/mol. The van der Waals surface area contributed by atoms with Crippen LogP contribution < -0.4 is 15.4 Å². The average Bonchev–Trinajstić information content (AvgIpc) is 3.67. The minimum Gasteiger partial charge on any atom is -0.461 e. The molecule has 11 nitrogen and oxygen atoms in total. The van der Waals surface area contributed by atoms with E-state index in [-0.39, 0.29) is 80.5 Å². The molecule has 0 unspecified atom stereocenters. The number of rotatable bonds is 8. The van der Waals surface area contributed by atoms with Crippen molar-refractivity contribution < 1.29 is 49.4 Å². The first kappa shape index (κ1) is 38.3. The maximum atomic E-state index is 15.4. The largest absolute Gasteiger partial charge is 0.461 e. The summed E-state index contributed by atoms with van der Waals surface area (Å²) in [5.74, 6) is -1.99. The van der Waals surface area contributed by atoms with E-state index >= 15 is 4.39 Å². The molecule has 20 heteroatoms. The Morgan fingerprint density at radius 2 is 1.93 bits per heavy atom. The number of hydrogen-bond acceptors (Lipinski definition) is 9. The number of alkyl halides is 7. The van der Waals surface area contributed by atoms with Crippen LogP contribution in [0.2, 0.25) is 5.02 Å². The zero-order valence-electron chi connectivity index (χ0n) is 29.0. The van der Waals surface area contributed by atoms with Crippen LogP contribution in [0.3, 0.4) is 0 Å². The number of aromatic nitrogens is 4.